The van der Waals surface area contributed by atoms with E-state index in [4.69, 9.17) is 10.5 Å². The molecule has 2 rings (SSSR count). The van der Waals surface area contributed by atoms with Crippen LogP contribution in [0.3, 0.4) is 0 Å². The fourth-order valence-corrected chi connectivity index (χ4v) is 2.51. The molecule has 1 atom stereocenters. The van der Waals surface area contributed by atoms with E-state index in [9.17, 15) is 4.39 Å². The monoisotopic (exact) mass is 265 g/mol. The summed E-state index contributed by atoms with van der Waals surface area (Å²) in [4.78, 5) is 1.28. The molecule has 0 bridgehead atoms. The molecule has 18 heavy (non-hydrogen) atoms. The minimum absolute atomic E-state index is 0.211. The van der Waals surface area contributed by atoms with Crippen LogP contribution >= 0.6 is 11.3 Å². The summed E-state index contributed by atoms with van der Waals surface area (Å²) in [6.45, 7) is 0.974. The number of nitrogens with two attached hydrogens (primary N) is 1. The van der Waals surface area contributed by atoms with E-state index in [0.29, 0.717) is 18.9 Å². The number of ether oxygens (including phenoxy) is 1. The number of hydrogen-bond donors (Lipinski definition) is 1. The van der Waals surface area contributed by atoms with E-state index in [1.807, 2.05) is 11.4 Å². The van der Waals surface area contributed by atoms with Crippen LogP contribution in [0.2, 0.25) is 0 Å². The Hall–Kier alpha value is -1.39. The summed E-state index contributed by atoms with van der Waals surface area (Å²) in [5, 5.41) is 2.04. The minimum Gasteiger partial charge on any atom is -0.490 e. The van der Waals surface area contributed by atoms with E-state index in [1.54, 1.807) is 29.5 Å². The molecular weight excluding hydrogens is 249 g/mol. The van der Waals surface area contributed by atoms with Gasteiger partial charge in [-0.15, -0.1) is 11.3 Å². The van der Waals surface area contributed by atoms with E-state index in [0.717, 1.165) is 6.42 Å². The molecule has 1 heterocycles. The van der Waals surface area contributed by atoms with Gasteiger partial charge in [0.25, 0.3) is 0 Å². The van der Waals surface area contributed by atoms with Gasteiger partial charge in [-0.05, 0) is 36.5 Å². The number of rotatable bonds is 6. The molecule has 2 aromatic rings. The first-order valence-electron chi connectivity index (χ1n) is 5.89. The third kappa shape index (κ3) is 3.55. The molecule has 0 aliphatic rings. The topological polar surface area (TPSA) is 35.2 Å². The average Bonchev–Trinajstić information content (AvgIpc) is 2.89. The Kier molecular flexibility index (Phi) is 4.73. The standard InChI is InChI=1S/C14H16FNOS/c15-13-5-1-2-6-14(13)17-10-11(9-16)8-12-4-3-7-18-12/h1-7,11H,8-10,16H2. The maximum Gasteiger partial charge on any atom is 0.165 e. The van der Waals surface area contributed by atoms with Crippen molar-refractivity contribution in [2.45, 2.75) is 6.42 Å². The summed E-state index contributed by atoms with van der Waals surface area (Å²) in [6, 6.07) is 10.5. The highest BCUT2D eigenvalue weighted by atomic mass is 32.1. The highest BCUT2D eigenvalue weighted by Gasteiger charge is 2.11. The molecule has 1 aromatic carbocycles. The first-order valence-corrected chi connectivity index (χ1v) is 6.77. The third-order valence-electron chi connectivity index (χ3n) is 2.71. The van der Waals surface area contributed by atoms with Crippen molar-refractivity contribution in [3.63, 3.8) is 0 Å². The first kappa shape index (κ1) is 13.1. The summed E-state index contributed by atoms with van der Waals surface area (Å²) >= 11 is 1.71. The van der Waals surface area contributed by atoms with Crippen molar-refractivity contribution in [1.82, 2.24) is 0 Å². The van der Waals surface area contributed by atoms with E-state index in [1.165, 1.54) is 10.9 Å². The van der Waals surface area contributed by atoms with Gasteiger partial charge in [-0.25, -0.2) is 4.39 Å². The van der Waals surface area contributed by atoms with Crippen LogP contribution in [0.25, 0.3) is 0 Å². The second kappa shape index (κ2) is 6.52. The Bertz CT molecular complexity index is 472. The van der Waals surface area contributed by atoms with E-state index >= 15 is 0 Å². The number of thiophene rings is 1. The highest BCUT2D eigenvalue weighted by Crippen LogP contribution is 2.18. The van der Waals surface area contributed by atoms with Crippen molar-refractivity contribution >= 4 is 11.3 Å². The van der Waals surface area contributed by atoms with Crippen molar-refractivity contribution in [1.29, 1.82) is 0 Å². The predicted octanol–water partition coefficient (Wildman–Crippen LogP) is 3.08. The molecule has 0 saturated heterocycles. The lowest BCUT2D eigenvalue weighted by Crippen LogP contribution is -2.23. The summed E-state index contributed by atoms with van der Waals surface area (Å²) < 4.78 is 18.9. The zero-order chi connectivity index (χ0) is 12.8. The van der Waals surface area contributed by atoms with Crippen molar-refractivity contribution in [2.24, 2.45) is 11.7 Å². The van der Waals surface area contributed by atoms with Crippen molar-refractivity contribution in [2.75, 3.05) is 13.2 Å². The summed E-state index contributed by atoms with van der Waals surface area (Å²) in [7, 11) is 0. The first-order chi connectivity index (χ1) is 8.79. The number of benzene rings is 1. The average molecular weight is 265 g/mol. The highest BCUT2D eigenvalue weighted by molar-refractivity contribution is 7.09. The predicted molar refractivity (Wildman–Crippen MR) is 72.5 cm³/mol. The van der Waals surface area contributed by atoms with Gasteiger partial charge in [0, 0.05) is 10.8 Å². The Balaban J connectivity index is 1.89. The van der Waals surface area contributed by atoms with Gasteiger partial charge in [0.15, 0.2) is 11.6 Å². The second-order valence-electron chi connectivity index (χ2n) is 4.13. The molecule has 1 unspecified atom stereocenters. The zero-order valence-corrected chi connectivity index (χ0v) is 10.8. The van der Waals surface area contributed by atoms with Crippen molar-refractivity contribution in [3.05, 3.63) is 52.5 Å². The van der Waals surface area contributed by atoms with Crippen LogP contribution < -0.4 is 10.5 Å². The molecule has 4 heteroatoms. The maximum absolute atomic E-state index is 13.4. The normalized spacial score (nSPS) is 12.3. The smallest absolute Gasteiger partial charge is 0.165 e. The van der Waals surface area contributed by atoms with Gasteiger partial charge >= 0.3 is 0 Å². The lowest BCUT2D eigenvalue weighted by atomic mass is 10.1. The SMILES string of the molecule is NCC(COc1ccccc1F)Cc1cccs1. The molecule has 2 nitrogen and oxygen atoms in total. The number of halogens is 1. The molecule has 1 aromatic heterocycles. The zero-order valence-electron chi connectivity index (χ0n) is 10.0. The van der Waals surface area contributed by atoms with Crippen LogP contribution in [-0.2, 0) is 6.42 Å². The van der Waals surface area contributed by atoms with Crippen molar-refractivity contribution in [3.8, 4) is 5.75 Å². The lowest BCUT2D eigenvalue weighted by Gasteiger charge is -2.15. The largest absolute Gasteiger partial charge is 0.490 e. The van der Waals surface area contributed by atoms with Gasteiger partial charge in [-0.1, -0.05) is 18.2 Å². The Morgan fingerprint density at radius 1 is 1.22 bits per heavy atom. The molecule has 0 radical (unpaired) electrons. The molecule has 0 amide bonds. The van der Waals surface area contributed by atoms with Gasteiger partial charge in [-0.3, -0.25) is 0 Å². The molecule has 0 saturated carbocycles. The molecule has 0 fully saturated rings. The number of para-hydroxylation sites is 1. The second-order valence-corrected chi connectivity index (χ2v) is 5.16. The summed E-state index contributed by atoms with van der Waals surface area (Å²) in [5.41, 5.74) is 5.72. The number of hydrogen-bond acceptors (Lipinski definition) is 3. The quantitative estimate of drug-likeness (QED) is 0.871. The van der Waals surface area contributed by atoms with Crippen LogP contribution in [0.15, 0.2) is 41.8 Å². The van der Waals surface area contributed by atoms with E-state index in [2.05, 4.69) is 6.07 Å². The van der Waals surface area contributed by atoms with Crippen molar-refractivity contribution < 1.29 is 9.13 Å². The minimum atomic E-state index is -0.329. The Labute approximate surface area is 110 Å². The Morgan fingerprint density at radius 3 is 2.72 bits per heavy atom. The van der Waals surface area contributed by atoms with Gasteiger partial charge < -0.3 is 10.5 Å². The van der Waals surface area contributed by atoms with E-state index in [-0.39, 0.29) is 11.7 Å². The molecule has 96 valence electrons. The Morgan fingerprint density at radius 2 is 2.06 bits per heavy atom. The molecule has 0 aliphatic carbocycles. The van der Waals surface area contributed by atoms with Crippen LogP contribution in [0.1, 0.15) is 4.88 Å². The molecule has 2 N–H and O–H groups in total. The third-order valence-corrected chi connectivity index (χ3v) is 3.61. The van der Waals surface area contributed by atoms with Gasteiger partial charge in [-0.2, -0.15) is 0 Å². The van der Waals surface area contributed by atoms with Crippen LogP contribution in [0, 0.1) is 11.7 Å². The molecule has 0 aliphatic heterocycles. The molecule has 0 spiro atoms. The summed E-state index contributed by atoms with van der Waals surface area (Å²) in [6.07, 6.45) is 0.878. The summed E-state index contributed by atoms with van der Waals surface area (Å²) in [5.74, 6) is 0.176. The fourth-order valence-electron chi connectivity index (χ4n) is 1.69. The van der Waals surface area contributed by atoms with Crippen LogP contribution in [-0.4, -0.2) is 13.2 Å². The lowest BCUT2D eigenvalue weighted by molar-refractivity contribution is 0.242. The van der Waals surface area contributed by atoms with Gasteiger partial charge in [0.2, 0.25) is 0 Å². The fraction of sp³-hybridized carbons (Fsp3) is 0.286. The maximum atomic E-state index is 13.4. The van der Waals surface area contributed by atoms with E-state index < -0.39 is 0 Å². The molecular formula is C14H16FNOS. The van der Waals surface area contributed by atoms with Crippen LogP contribution in [0.5, 0.6) is 5.75 Å². The van der Waals surface area contributed by atoms with Gasteiger partial charge in [0.05, 0.1) is 6.61 Å². The van der Waals surface area contributed by atoms with Gasteiger partial charge in [0.1, 0.15) is 0 Å². The van der Waals surface area contributed by atoms with Crippen LogP contribution in [0.4, 0.5) is 4.39 Å².